The van der Waals surface area contributed by atoms with Crippen LogP contribution in [0.1, 0.15) is 25.8 Å². The highest BCUT2D eigenvalue weighted by Crippen LogP contribution is 2.33. The van der Waals surface area contributed by atoms with Crippen molar-refractivity contribution in [1.29, 1.82) is 0 Å². The number of aliphatic hydroxyl groups excluding tert-OH is 1. The first-order chi connectivity index (χ1) is 13.0. The molecule has 3 rings (SSSR count). The van der Waals surface area contributed by atoms with Crippen molar-refractivity contribution >= 4 is 5.95 Å². The van der Waals surface area contributed by atoms with E-state index in [-0.39, 0.29) is 24.1 Å². The third kappa shape index (κ3) is 3.68. The third-order valence-corrected chi connectivity index (χ3v) is 5.13. The number of hydrogen-bond donors (Lipinski definition) is 2. The van der Waals surface area contributed by atoms with Crippen molar-refractivity contribution < 1.29 is 14.6 Å². The molecule has 1 aliphatic rings. The first-order valence-corrected chi connectivity index (χ1v) is 8.89. The summed E-state index contributed by atoms with van der Waals surface area (Å²) in [4.78, 5) is 21.5. The molecular weight excluding hydrogens is 350 g/mol. The normalized spacial score (nSPS) is 26.4. The van der Waals surface area contributed by atoms with Gasteiger partial charge in [0, 0.05) is 25.5 Å². The first-order valence-electron chi connectivity index (χ1n) is 8.89. The van der Waals surface area contributed by atoms with E-state index in [9.17, 15) is 5.11 Å². The summed E-state index contributed by atoms with van der Waals surface area (Å²) in [5.74, 6) is 0.871. The van der Waals surface area contributed by atoms with E-state index in [4.69, 9.17) is 9.47 Å². The van der Waals surface area contributed by atoms with E-state index >= 15 is 0 Å². The fraction of sp³-hybridized carbons (Fsp3) is 0.588. The number of aliphatic hydroxyl groups is 1. The van der Waals surface area contributed by atoms with Crippen LogP contribution in [0.3, 0.4) is 0 Å². The van der Waals surface area contributed by atoms with Crippen molar-refractivity contribution in [3.8, 4) is 12.0 Å². The molecule has 1 unspecified atom stereocenters. The van der Waals surface area contributed by atoms with E-state index in [1.807, 2.05) is 0 Å². The number of piperazine rings is 1. The lowest BCUT2D eigenvalue weighted by molar-refractivity contribution is 0.0430. The van der Waals surface area contributed by atoms with Gasteiger partial charge in [0.1, 0.15) is 18.6 Å². The van der Waals surface area contributed by atoms with Crippen LogP contribution in [0.5, 0.6) is 12.0 Å². The van der Waals surface area contributed by atoms with Crippen LogP contribution in [0.25, 0.3) is 0 Å². The van der Waals surface area contributed by atoms with E-state index in [0.29, 0.717) is 22.8 Å². The molecule has 10 nitrogen and oxygen atoms in total. The molecule has 0 amide bonds. The molecule has 0 aliphatic carbocycles. The average molecular weight is 376 g/mol. The Morgan fingerprint density at radius 1 is 1.07 bits per heavy atom. The number of hydrogen-bond acceptors (Lipinski definition) is 9. The minimum atomic E-state index is -0.872. The van der Waals surface area contributed by atoms with Crippen LogP contribution >= 0.6 is 0 Å². The molecule has 2 aromatic heterocycles. The van der Waals surface area contributed by atoms with Gasteiger partial charge in [-0.25, -0.2) is 14.5 Å². The molecule has 1 saturated heterocycles. The smallest absolute Gasteiger partial charge is 0.338 e. The van der Waals surface area contributed by atoms with Crippen molar-refractivity contribution in [2.75, 3.05) is 33.9 Å². The number of nitrogens with one attached hydrogen (secondary N) is 1. The summed E-state index contributed by atoms with van der Waals surface area (Å²) in [5.41, 5.74) is 0. The zero-order chi connectivity index (χ0) is 19.4. The molecule has 0 radical (unpaired) electrons. The highest BCUT2D eigenvalue weighted by molar-refractivity contribution is 5.33. The molecule has 3 heterocycles. The second-order valence-electron chi connectivity index (χ2n) is 6.70. The van der Waals surface area contributed by atoms with Crippen LogP contribution in [-0.4, -0.2) is 76.0 Å². The Morgan fingerprint density at radius 3 is 2.15 bits per heavy atom. The predicted molar refractivity (Wildman–Crippen MR) is 98.4 cm³/mol. The van der Waals surface area contributed by atoms with Gasteiger partial charge in [0.15, 0.2) is 11.9 Å². The summed E-state index contributed by atoms with van der Waals surface area (Å²) in [6.45, 7) is 6.03. The number of ether oxygens (including phenoxy) is 2. The van der Waals surface area contributed by atoms with Gasteiger partial charge in [-0.1, -0.05) is 0 Å². The van der Waals surface area contributed by atoms with Crippen LogP contribution in [0.4, 0.5) is 5.95 Å². The van der Waals surface area contributed by atoms with Crippen molar-refractivity contribution in [2.24, 2.45) is 0 Å². The van der Waals surface area contributed by atoms with Gasteiger partial charge in [-0.2, -0.15) is 0 Å². The zero-order valence-electron chi connectivity index (χ0n) is 16.0. The highest BCUT2D eigenvalue weighted by atomic mass is 16.5. The van der Waals surface area contributed by atoms with E-state index in [1.54, 1.807) is 18.5 Å². The van der Waals surface area contributed by atoms with Gasteiger partial charge < -0.3 is 19.9 Å². The number of methoxy groups -OCH3 is 2. The average Bonchev–Trinajstić information content (AvgIpc) is 2.71. The zero-order valence-corrected chi connectivity index (χ0v) is 16.0. The summed E-state index contributed by atoms with van der Waals surface area (Å²) in [6, 6.07) is 2.25. The molecule has 0 spiro atoms. The lowest BCUT2D eigenvalue weighted by atomic mass is 10.0. The maximum absolute atomic E-state index is 10.9. The predicted octanol–water partition coefficient (Wildman–Crippen LogP) is 0.0999. The van der Waals surface area contributed by atoms with E-state index in [1.165, 1.54) is 14.2 Å². The monoisotopic (exact) mass is 376 g/mol. The lowest BCUT2D eigenvalue weighted by Crippen LogP contribution is -2.71. The van der Waals surface area contributed by atoms with Crippen molar-refractivity contribution in [3.05, 3.63) is 24.3 Å². The minimum absolute atomic E-state index is 0.0870. The van der Waals surface area contributed by atoms with Gasteiger partial charge in [0.05, 0.1) is 14.2 Å². The Hall–Kier alpha value is -2.43. The second kappa shape index (κ2) is 8.07. The largest absolute Gasteiger partial charge is 0.466 e. The summed E-state index contributed by atoms with van der Waals surface area (Å²) in [7, 11) is 3.00. The van der Waals surface area contributed by atoms with Gasteiger partial charge in [-0.15, -0.1) is 15.0 Å². The quantitative estimate of drug-likeness (QED) is 0.677. The van der Waals surface area contributed by atoms with Gasteiger partial charge in [-0.05, 0) is 19.9 Å². The first kappa shape index (κ1) is 19.3. The van der Waals surface area contributed by atoms with Crippen LogP contribution in [0.15, 0.2) is 18.5 Å². The topological polar surface area (TPSA) is 115 Å². The number of aromatic nitrogens is 5. The molecule has 0 bridgehead atoms. The molecule has 146 valence electrons. The van der Waals surface area contributed by atoms with Crippen LogP contribution in [0.2, 0.25) is 0 Å². The standard InChI is InChI=1S/C17H26N7O3/c1-11-8-18-9-12(2)24(11,10-13(25)14-19-6-5-7-20-14)15-21-16(26-3)23-17(22-15)27-4/h5-7,11-13,18,25H,8-10H2,1-4H3/q+1/t11-,12+,13-,24?/m1/s1. The third-order valence-electron chi connectivity index (χ3n) is 5.13. The Morgan fingerprint density at radius 2 is 1.63 bits per heavy atom. The fourth-order valence-electron chi connectivity index (χ4n) is 3.64. The summed E-state index contributed by atoms with van der Waals surface area (Å²) in [5, 5.41) is 14.3. The molecule has 2 N–H and O–H groups in total. The Labute approximate surface area is 158 Å². The molecule has 0 aromatic carbocycles. The van der Waals surface area contributed by atoms with Gasteiger partial charge in [0.2, 0.25) is 0 Å². The summed E-state index contributed by atoms with van der Waals surface area (Å²) in [6.07, 6.45) is 2.37. The van der Waals surface area contributed by atoms with Gasteiger partial charge in [0.25, 0.3) is 0 Å². The van der Waals surface area contributed by atoms with Crippen LogP contribution < -0.4 is 19.3 Å². The minimum Gasteiger partial charge on any atom is -0.466 e. The number of rotatable bonds is 6. The van der Waals surface area contributed by atoms with E-state index in [2.05, 4.69) is 44.1 Å². The fourth-order valence-corrected chi connectivity index (χ4v) is 3.64. The number of nitrogens with zero attached hydrogens (tertiary/aromatic N) is 6. The molecule has 10 heteroatoms. The molecule has 4 atom stereocenters. The maximum Gasteiger partial charge on any atom is 0.338 e. The van der Waals surface area contributed by atoms with E-state index in [0.717, 1.165) is 13.1 Å². The Bertz CT molecular complexity index is 729. The van der Waals surface area contributed by atoms with Crippen LogP contribution in [0, 0.1) is 0 Å². The molecule has 27 heavy (non-hydrogen) atoms. The summed E-state index contributed by atoms with van der Waals surface area (Å²) < 4.78 is 10.8. The molecular formula is C17H26N7O3+. The van der Waals surface area contributed by atoms with Crippen molar-refractivity contribution in [2.45, 2.75) is 32.0 Å². The Kier molecular flexibility index (Phi) is 5.78. The van der Waals surface area contributed by atoms with Crippen LogP contribution in [-0.2, 0) is 0 Å². The molecule has 0 saturated carbocycles. The van der Waals surface area contributed by atoms with Gasteiger partial charge in [-0.3, -0.25) is 0 Å². The molecule has 2 aromatic rings. The van der Waals surface area contributed by atoms with Crippen molar-refractivity contribution in [3.63, 3.8) is 0 Å². The number of quaternary nitrogens is 1. The second-order valence-corrected chi connectivity index (χ2v) is 6.70. The van der Waals surface area contributed by atoms with Gasteiger partial charge >= 0.3 is 18.0 Å². The lowest BCUT2D eigenvalue weighted by Gasteiger charge is -2.49. The summed E-state index contributed by atoms with van der Waals surface area (Å²) >= 11 is 0. The Balaban J connectivity index is 2.08. The highest BCUT2D eigenvalue weighted by Gasteiger charge is 2.49. The van der Waals surface area contributed by atoms with Crippen molar-refractivity contribution in [1.82, 2.24) is 34.7 Å². The van der Waals surface area contributed by atoms with E-state index < -0.39 is 6.10 Å². The maximum atomic E-state index is 10.9. The molecule has 1 aliphatic heterocycles. The SMILES string of the molecule is COc1nc(OC)nc([N+]2(C[C@@H](O)c3ncccn3)[C@H](C)CNC[C@@H]2C)n1. The molecule has 1 fully saturated rings.